The number of hydrogen-bond donors (Lipinski definition) is 2. The highest BCUT2D eigenvalue weighted by Gasteiger charge is 2.31. The maximum atomic E-state index is 11.5. The Hall–Kier alpha value is -1.35. The molecule has 1 aliphatic rings. The van der Waals surface area contributed by atoms with Crippen LogP contribution in [0.4, 0.5) is 4.79 Å². The standard InChI is InChI=1S/C9H12N2O3S/c1-2-3-10-9(14)11-4-5-15-6-7(11)8(12)13/h1,7H,3-6H2,(H,10,14)(H,12,13). The Labute approximate surface area is 92.2 Å². The molecule has 5 nitrogen and oxygen atoms in total. The Balaban J connectivity index is 2.60. The number of terminal acetylenes is 1. The Morgan fingerprint density at radius 1 is 1.67 bits per heavy atom. The fraction of sp³-hybridized carbons (Fsp3) is 0.556. The second-order valence-corrected chi connectivity index (χ2v) is 4.14. The molecule has 1 saturated heterocycles. The fourth-order valence-electron chi connectivity index (χ4n) is 1.28. The van der Waals surface area contributed by atoms with Gasteiger partial charge in [0.2, 0.25) is 0 Å². The van der Waals surface area contributed by atoms with Gasteiger partial charge in [0, 0.05) is 18.1 Å². The van der Waals surface area contributed by atoms with Gasteiger partial charge in [-0.1, -0.05) is 5.92 Å². The molecule has 0 bridgehead atoms. The summed E-state index contributed by atoms with van der Waals surface area (Å²) in [6.07, 6.45) is 5.00. The van der Waals surface area contributed by atoms with E-state index in [0.29, 0.717) is 12.3 Å². The van der Waals surface area contributed by atoms with Crippen molar-refractivity contribution in [3.8, 4) is 12.3 Å². The molecule has 6 heteroatoms. The van der Waals surface area contributed by atoms with Crippen LogP contribution in [0.3, 0.4) is 0 Å². The third-order valence-corrected chi connectivity index (χ3v) is 3.04. The third-order valence-electron chi connectivity index (χ3n) is 2.02. The van der Waals surface area contributed by atoms with Crippen LogP contribution in [0.5, 0.6) is 0 Å². The van der Waals surface area contributed by atoms with Crippen molar-refractivity contribution in [2.24, 2.45) is 0 Å². The average molecular weight is 228 g/mol. The van der Waals surface area contributed by atoms with Crippen molar-refractivity contribution in [1.29, 1.82) is 0 Å². The molecule has 1 fully saturated rings. The van der Waals surface area contributed by atoms with Gasteiger partial charge in [0.1, 0.15) is 6.04 Å². The van der Waals surface area contributed by atoms with E-state index in [0.717, 1.165) is 5.75 Å². The number of aliphatic carboxylic acids is 1. The van der Waals surface area contributed by atoms with Crippen molar-refractivity contribution in [2.45, 2.75) is 6.04 Å². The molecular weight excluding hydrogens is 216 g/mol. The molecule has 0 spiro atoms. The number of amides is 2. The molecule has 0 aromatic heterocycles. The van der Waals surface area contributed by atoms with Gasteiger partial charge in [0.25, 0.3) is 0 Å². The Bertz CT molecular complexity index is 300. The lowest BCUT2D eigenvalue weighted by Gasteiger charge is -2.32. The first-order valence-electron chi connectivity index (χ1n) is 4.45. The van der Waals surface area contributed by atoms with E-state index in [-0.39, 0.29) is 6.54 Å². The monoisotopic (exact) mass is 228 g/mol. The largest absolute Gasteiger partial charge is 0.480 e. The zero-order chi connectivity index (χ0) is 11.3. The first kappa shape index (κ1) is 11.7. The highest BCUT2D eigenvalue weighted by molar-refractivity contribution is 7.99. The van der Waals surface area contributed by atoms with E-state index in [2.05, 4.69) is 11.2 Å². The molecule has 82 valence electrons. The molecule has 1 unspecified atom stereocenters. The molecule has 1 heterocycles. The first-order chi connectivity index (χ1) is 7.16. The molecule has 0 aromatic carbocycles. The van der Waals surface area contributed by atoms with Crippen LogP contribution in [0.15, 0.2) is 0 Å². The number of carbonyl (C=O) groups excluding carboxylic acids is 1. The lowest BCUT2D eigenvalue weighted by molar-refractivity contribution is -0.141. The molecule has 0 saturated carbocycles. The number of hydrogen-bond acceptors (Lipinski definition) is 3. The molecule has 0 radical (unpaired) electrons. The van der Waals surface area contributed by atoms with Crippen molar-refractivity contribution in [3.05, 3.63) is 0 Å². The molecule has 0 aliphatic carbocycles. The minimum absolute atomic E-state index is 0.120. The van der Waals surface area contributed by atoms with E-state index in [4.69, 9.17) is 11.5 Å². The number of urea groups is 1. The molecule has 2 N–H and O–H groups in total. The van der Waals surface area contributed by atoms with Crippen LogP contribution in [0.2, 0.25) is 0 Å². The molecule has 2 amide bonds. The topological polar surface area (TPSA) is 69.6 Å². The highest BCUT2D eigenvalue weighted by Crippen LogP contribution is 2.16. The van der Waals surface area contributed by atoms with E-state index >= 15 is 0 Å². The van der Waals surface area contributed by atoms with Gasteiger partial charge in [0.15, 0.2) is 0 Å². The fourth-order valence-corrected chi connectivity index (χ4v) is 2.32. The van der Waals surface area contributed by atoms with Crippen molar-refractivity contribution in [3.63, 3.8) is 0 Å². The van der Waals surface area contributed by atoms with Crippen molar-refractivity contribution < 1.29 is 14.7 Å². The summed E-state index contributed by atoms with van der Waals surface area (Å²) in [7, 11) is 0. The van der Waals surface area contributed by atoms with Gasteiger partial charge in [-0.05, 0) is 0 Å². The Kier molecular flexibility index (Phi) is 4.31. The average Bonchev–Trinajstić information content (AvgIpc) is 2.25. The lowest BCUT2D eigenvalue weighted by Crippen LogP contribution is -2.53. The summed E-state index contributed by atoms with van der Waals surface area (Å²) in [5, 5.41) is 11.4. The van der Waals surface area contributed by atoms with Gasteiger partial charge in [0.05, 0.1) is 6.54 Å². The van der Waals surface area contributed by atoms with Gasteiger partial charge < -0.3 is 15.3 Å². The SMILES string of the molecule is C#CCNC(=O)N1CCSCC1C(=O)O. The summed E-state index contributed by atoms with van der Waals surface area (Å²) in [5.74, 6) is 2.48. The second kappa shape index (κ2) is 5.51. The van der Waals surface area contributed by atoms with Gasteiger partial charge >= 0.3 is 12.0 Å². The smallest absolute Gasteiger partial charge is 0.327 e. The quantitative estimate of drug-likeness (QED) is 0.644. The predicted molar refractivity (Wildman–Crippen MR) is 57.7 cm³/mol. The first-order valence-corrected chi connectivity index (χ1v) is 5.60. The van der Waals surface area contributed by atoms with E-state index < -0.39 is 18.0 Å². The van der Waals surface area contributed by atoms with Gasteiger partial charge in [-0.15, -0.1) is 6.42 Å². The van der Waals surface area contributed by atoms with Crippen LogP contribution in [-0.2, 0) is 4.79 Å². The summed E-state index contributed by atoms with van der Waals surface area (Å²) >= 11 is 1.53. The zero-order valence-corrected chi connectivity index (χ0v) is 8.92. The van der Waals surface area contributed by atoms with E-state index in [1.54, 1.807) is 0 Å². The summed E-state index contributed by atoms with van der Waals surface area (Å²) in [6.45, 7) is 0.562. The lowest BCUT2D eigenvalue weighted by atomic mass is 10.3. The van der Waals surface area contributed by atoms with Gasteiger partial charge in [-0.25, -0.2) is 9.59 Å². The molecule has 1 atom stereocenters. The van der Waals surface area contributed by atoms with Crippen molar-refractivity contribution in [2.75, 3.05) is 24.6 Å². The normalized spacial score (nSPS) is 20.5. The molecule has 1 aliphatic heterocycles. The maximum absolute atomic E-state index is 11.5. The number of nitrogens with one attached hydrogen (secondary N) is 1. The Morgan fingerprint density at radius 2 is 2.40 bits per heavy atom. The number of carboxylic acid groups (broad SMARTS) is 1. The number of thioether (sulfide) groups is 1. The van der Waals surface area contributed by atoms with E-state index in [9.17, 15) is 9.59 Å². The van der Waals surface area contributed by atoms with Crippen LogP contribution >= 0.6 is 11.8 Å². The molecule has 1 rings (SSSR count). The zero-order valence-electron chi connectivity index (χ0n) is 8.10. The number of carboxylic acids is 1. The maximum Gasteiger partial charge on any atom is 0.327 e. The summed E-state index contributed by atoms with van der Waals surface area (Å²) < 4.78 is 0. The highest BCUT2D eigenvalue weighted by atomic mass is 32.2. The van der Waals surface area contributed by atoms with Crippen molar-refractivity contribution in [1.82, 2.24) is 10.2 Å². The Morgan fingerprint density at radius 3 is 3.00 bits per heavy atom. The van der Waals surface area contributed by atoms with Gasteiger partial charge in [-0.3, -0.25) is 0 Å². The summed E-state index contributed by atoms with van der Waals surface area (Å²) in [5.41, 5.74) is 0. The van der Waals surface area contributed by atoms with Crippen LogP contribution in [-0.4, -0.2) is 52.6 Å². The molecule has 15 heavy (non-hydrogen) atoms. The van der Waals surface area contributed by atoms with Crippen LogP contribution < -0.4 is 5.32 Å². The van der Waals surface area contributed by atoms with Gasteiger partial charge in [-0.2, -0.15) is 11.8 Å². The number of carbonyl (C=O) groups is 2. The second-order valence-electron chi connectivity index (χ2n) is 2.99. The number of rotatable bonds is 2. The van der Waals surface area contributed by atoms with E-state index in [1.807, 2.05) is 0 Å². The van der Waals surface area contributed by atoms with Crippen molar-refractivity contribution >= 4 is 23.8 Å². The van der Waals surface area contributed by atoms with Crippen LogP contribution in [0, 0.1) is 12.3 Å². The van der Waals surface area contributed by atoms with Crippen LogP contribution in [0.25, 0.3) is 0 Å². The molecule has 0 aromatic rings. The third kappa shape index (κ3) is 3.06. The predicted octanol–water partition coefficient (Wildman–Crippen LogP) is -0.169. The van der Waals surface area contributed by atoms with Crippen LogP contribution in [0.1, 0.15) is 0 Å². The minimum Gasteiger partial charge on any atom is -0.480 e. The summed E-state index contributed by atoms with van der Waals surface area (Å²) in [6, 6.07) is -1.15. The number of nitrogens with zero attached hydrogens (tertiary/aromatic N) is 1. The summed E-state index contributed by atoms with van der Waals surface area (Å²) in [4.78, 5) is 23.7. The minimum atomic E-state index is -0.974. The van der Waals surface area contributed by atoms with E-state index in [1.165, 1.54) is 16.7 Å². The molecular formula is C9H12N2O3S.